The van der Waals surface area contributed by atoms with Crippen molar-refractivity contribution < 1.29 is 0 Å². The van der Waals surface area contributed by atoms with E-state index in [1.807, 2.05) is 0 Å². The Bertz CT molecular complexity index is 205. The first-order chi connectivity index (χ1) is 7.74. The van der Waals surface area contributed by atoms with Crippen molar-refractivity contribution in [1.29, 1.82) is 0 Å². The molecule has 2 aliphatic carbocycles. The van der Waals surface area contributed by atoms with Gasteiger partial charge in [0.05, 0.1) is 0 Å². The normalized spacial score (nSPS) is 40.9. The van der Waals surface area contributed by atoms with Gasteiger partial charge in [-0.25, -0.2) is 0 Å². The van der Waals surface area contributed by atoms with Gasteiger partial charge >= 0.3 is 0 Å². The zero-order valence-electron chi connectivity index (χ0n) is 10.8. The second kappa shape index (κ2) is 6.02. The van der Waals surface area contributed by atoms with Gasteiger partial charge in [0.1, 0.15) is 0 Å². The van der Waals surface area contributed by atoms with Crippen LogP contribution < -0.4 is 11.1 Å². The largest absolute Gasteiger partial charge is 0.328 e. The van der Waals surface area contributed by atoms with E-state index in [1.165, 1.54) is 57.9 Å². The predicted octanol–water partition coefficient (Wildman–Crippen LogP) is 2.67. The third kappa shape index (κ3) is 3.74. The highest BCUT2D eigenvalue weighted by molar-refractivity contribution is 4.81. The molecule has 0 radical (unpaired) electrons. The summed E-state index contributed by atoms with van der Waals surface area (Å²) in [7, 11) is 0. The van der Waals surface area contributed by atoms with Crippen molar-refractivity contribution in [1.82, 2.24) is 5.32 Å². The molecule has 2 saturated carbocycles. The number of nitrogens with two attached hydrogens (primary N) is 1. The molecule has 4 atom stereocenters. The minimum atomic E-state index is 0.487. The summed E-state index contributed by atoms with van der Waals surface area (Å²) in [4.78, 5) is 0. The van der Waals surface area contributed by atoms with Crippen LogP contribution in [-0.4, -0.2) is 18.6 Å². The summed E-state index contributed by atoms with van der Waals surface area (Å²) < 4.78 is 0. The average molecular weight is 224 g/mol. The minimum absolute atomic E-state index is 0.487. The molecule has 0 spiro atoms. The second-order valence-electron chi connectivity index (χ2n) is 6.16. The Labute approximate surface area is 100 Å². The van der Waals surface area contributed by atoms with Gasteiger partial charge in [0.15, 0.2) is 0 Å². The summed E-state index contributed by atoms with van der Waals surface area (Å²) >= 11 is 0. The lowest BCUT2D eigenvalue weighted by molar-refractivity contribution is 0.396. The van der Waals surface area contributed by atoms with Crippen LogP contribution in [0.2, 0.25) is 0 Å². The maximum Gasteiger partial charge on any atom is 0.00672 e. The topological polar surface area (TPSA) is 38.0 Å². The Hall–Kier alpha value is -0.0800. The molecule has 0 amide bonds. The van der Waals surface area contributed by atoms with Crippen LogP contribution in [0.25, 0.3) is 0 Å². The van der Waals surface area contributed by atoms with E-state index in [0.717, 1.165) is 17.9 Å². The number of nitrogens with one attached hydrogen (secondary N) is 1. The summed E-state index contributed by atoms with van der Waals surface area (Å²) in [5.41, 5.74) is 5.95. The van der Waals surface area contributed by atoms with Crippen molar-refractivity contribution in [3.8, 4) is 0 Å². The van der Waals surface area contributed by atoms with E-state index in [-0.39, 0.29) is 0 Å². The molecule has 3 N–H and O–H groups in total. The molecule has 0 saturated heterocycles. The van der Waals surface area contributed by atoms with E-state index in [1.54, 1.807) is 0 Å². The zero-order chi connectivity index (χ0) is 11.4. The van der Waals surface area contributed by atoms with Gasteiger partial charge in [0.25, 0.3) is 0 Å². The van der Waals surface area contributed by atoms with Crippen LogP contribution in [0.3, 0.4) is 0 Å². The van der Waals surface area contributed by atoms with Crippen molar-refractivity contribution in [3.05, 3.63) is 0 Å². The van der Waals surface area contributed by atoms with Gasteiger partial charge in [0.2, 0.25) is 0 Å². The fraction of sp³-hybridized carbons (Fsp3) is 1.00. The fourth-order valence-electron chi connectivity index (χ4n) is 3.32. The smallest absolute Gasteiger partial charge is 0.00672 e. The Balaban J connectivity index is 1.65. The first-order valence-corrected chi connectivity index (χ1v) is 7.23. The molecule has 4 unspecified atom stereocenters. The summed E-state index contributed by atoms with van der Waals surface area (Å²) in [6, 6.07) is 1.28. The third-order valence-electron chi connectivity index (χ3n) is 4.53. The van der Waals surface area contributed by atoms with E-state index in [9.17, 15) is 0 Å². The Morgan fingerprint density at radius 1 is 1.06 bits per heavy atom. The lowest BCUT2D eigenvalue weighted by Crippen LogP contribution is -2.32. The van der Waals surface area contributed by atoms with Crippen molar-refractivity contribution in [2.24, 2.45) is 17.6 Å². The van der Waals surface area contributed by atoms with E-state index in [4.69, 9.17) is 5.73 Å². The van der Waals surface area contributed by atoms with Crippen molar-refractivity contribution in [3.63, 3.8) is 0 Å². The van der Waals surface area contributed by atoms with Gasteiger partial charge in [0, 0.05) is 12.1 Å². The first kappa shape index (κ1) is 12.4. The van der Waals surface area contributed by atoms with Crippen molar-refractivity contribution >= 4 is 0 Å². The average Bonchev–Trinajstić information content (AvgIpc) is 2.56. The molecule has 0 bridgehead atoms. The van der Waals surface area contributed by atoms with Gasteiger partial charge in [-0.05, 0) is 56.9 Å². The van der Waals surface area contributed by atoms with E-state index in [2.05, 4.69) is 12.2 Å². The van der Waals surface area contributed by atoms with Crippen LogP contribution >= 0.6 is 0 Å². The Kier molecular flexibility index (Phi) is 4.66. The molecule has 0 aliphatic heterocycles. The van der Waals surface area contributed by atoms with Crippen molar-refractivity contribution in [2.45, 2.75) is 70.4 Å². The second-order valence-corrected chi connectivity index (χ2v) is 6.16. The van der Waals surface area contributed by atoms with Crippen LogP contribution in [-0.2, 0) is 0 Å². The summed E-state index contributed by atoms with van der Waals surface area (Å²) in [6.07, 6.45) is 10.9. The number of hydrogen-bond donors (Lipinski definition) is 2. The van der Waals surface area contributed by atoms with Gasteiger partial charge < -0.3 is 11.1 Å². The maximum atomic E-state index is 5.95. The molecule has 0 aromatic carbocycles. The fourth-order valence-corrected chi connectivity index (χ4v) is 3.32. The molecule has 2 fully saturated rings. The highest BCUT2D eigenvalue weighted by Crippen LogP contribution is 2.25. The standard InChI is InChI=1S/C14H28N2/c1-11-3-2-4-14(8-5-11)16-10-12-6-7-13(15)9-12/h11-14,16H,2-10,15H2,1H3. The molecule has 2 heteroatoms. The van der Waals surface area contributed by atoms with Crippen LogP contribution in [0.1, 0.15) is 58.3 Å². The van der Waals surface area contributed by atoms with Gasteiger partial charge in [-0.15, -0.1) is 0 Å². The number of hydrogen-bond acceptors (Lipinski definition) is 2. The Morgan fingerprint density at radius 3 is 2.69 bits per heavy atom. The molecule has 2 aliphatic rings. The molecule has 0 aromatic rings. The van der Waals surface area contributed by atoms with Crippen LogP contribution in [0.15, 0.2) is 0 Å². The molecular weight excluding hydrogens is 196 g/mol. The SMILES string of the molecule is CC1CCCC(NCC2CCC(N)C2)CC1. The molecule has 94 valence electrons. The molecule has 2 nitrogen and oxygen atoms in total. The highest BCUT2D eigenvalue weighted by atomic mass is 14.9. The summed E-state index contributed by atoms with van der Waals surface area (Å²) in [6.45, 7) is 3.62. The van der Waals surface area contributed by atoms with E-state index < -0.39 is 0 Å². The molecule has 16 heavy (non-hydrogen) atoms. The van der Waals surface area contributed by atoms with Gasteiger partial charge in [-0.3, -0.25) is 0 Å². The third-order valence-corrected chi connectivity index (χ3v) is 4.53. The lowest BCUT2D eigenvalue weighted by Gasteiger charge is -2.19. The Morgan fingerprint density at radius 2 is 1.94 bits per heavy atom. The van der Waals surface area contributed by atoms with Crippen molar-refractivity contribution in [2.75, 3.05) is 6.54 Å². The minimum Gasteiger partial charge on any atom is -0.328 e. The van der Waals surface area contributed by atoms with Crippen LogP contribution in [0.4, 0.5) is 0 Å². The summed E-state index contributed by atoms with van der Waals surface area (Å²) in [5.74, 6) is 1.81. The molecular formula is C14H28N2. The van der Waals surface area contributed by atoms with Crippen LogP contribution in [0.5, 0.6) is 0 Å². The van der Waals surface area contributed by atoms with E-state index in [0.29, 0.717) is 6.04 Å². The zero-order valence-corrected chi connectivity index (χ0v) is 10.8. The molecule has 0 heterocycles. The summed E-state index contributed by atoms with van der Waals surface area (Å²) in [5, 5.41) is 3.79. The highest BCUT2D eigenvalue weighted by Gasteiger charge is 2.23. The van der Waals surface area contributed by atoms with Gasteiger partial charge in [-0.2, -0.15) is 0 Å². The quantitative estimate of drug-likeness (QED) is 0.723. The maximum absolute atomic E-state index is 5.95. The predicted molar refractivity (Wildman–Crippen MR) is 69.4 cm³/mol. The molecule has 2 rings (SSSR count). The molecule has 0 aromatic heterocycles. The first-order valence-electron chi connectivity index (χ1n) is 7.23. The van der Waals surface area contributed by atoms with Crippen LogP contribution in [0, 0.1) is 11.8 Å². The number of rotatable bonds is 3. The monoisotopic (exact) mass is 224 g/mol. The van der Waals surface area contributed by atoms with E-state index >= 15 is 0 Å². The van der Waals surface area contributed by atoms with Gasteiger partial charge in [-0.1, -0.05) is 19.8 Å². The lowest BCUT2D eigenvalue weighted by atomic mass is 10.0.